The first-order valence-corrected chi connectivity index (χ1v) is 7.64. The van der Waals surface area contributed by atoms with Crippen molar-refractivity contribution in [2.75, 3.05) is 13.1 Å². The van der Waals surface area contributed by atoms with Gasteiger partial charge in [0.15, 0.2) is 0 Å². The number of piperidine rings is 1. The normalized spacial score (nSPS) is 22.8. The third-order valence-electron chi connectivity index (χ3n) is 4.17. The molecule has 2 nitrogen and oxygen atoms in total. The van der Waals surface area contributed by atoms with Crippen molar-refractivity contribution in [3.8, 4) is 0 Å². The first-order chi connectivity index (χ1) is 9.59. The van der Waals surface area contributed by atoms with Crippen LogP contribution in [0.3, 0.4) is 0 Å². The van der Waals surface area contributed by atoms with Crippen LogP contribution in [0.2, 0.25) is 5.02 Å². The van der Waals surface area contributed by atoms with E-state index < -0.39 is 5.82 Å². The summed E-state index contributed by atoms with van der Waals surface area (Å²) in [4.78, 5) is 12.7. The molecule has 1 atom stereocenters. The number of nitrogens with one attached hydrogen (secondary N) is 1. The minimum absolute atomic E-state index is 0.0848. The second kappa shape index (κ2) is 6.68. The van der Waals surface area contributed by atoms with E-state index in [2.05, 4.69) is 12.2 Å². The Morgan fingerprint density at radius 2 is 2.30 bits per heavy atom. The minimum Gasteiger partial charge on any atom is -0.316 e. The third kappa shape index (κ3) is 3.21. The number of hydrogen-bond donors (Lipinski definition) is 1. The quantitative estimate of drug-likeness (QED) is 0.896. The van der Waals surface area contributed by atoms with Crippen LogP contribution in [0.4, 0.5) is 4.39 Å². The SMILES string of the molecule is CCCC1(C(=O)Cc2cccc(Cl)c2F)CCCNC1. The fraction of sp³-hybridized carbons (Fsp3) is 0.562. The standard InChI is InChI=1S/C16H21ClFNO/c1-2-7-16(8-4-9-19-11-16)14(20)10-12-5-3-6-13(17)15(12)18/h3,5-6,19H,2,4,7-11H2,1H3. The van der Waals surface area contributed by atoms with Crippen LogP contribution in [-0.2, 0) is 11.2 Å². The molecular formula is C16H21ClFNO. The molecule has 20 heavy (non-hydrogen) atoms. The van der Waals surface area contributed by atoms with Crippen molar-refractivity contribution in [3.05, 3.63) is 34.6 Å². The van der Waals surface area contributed by atoms with E-state index in [9.17, 15) is 9.18 Å². The molecule has 0 aliphatic carbocycles. The Balaban J connectivity index is 2.18. The molecule has 4 heteroatoms. The van der Waals surface area contributed by atoms with Gasteiger partial charge >= 0.3 is 0 Å². The molecule has 1 aromatic rings. The van der Waals surface area contributed by atoms with Gasteiger partial charge in [-0.1, -0.05) is 37.1 Å². The molecule has 0 bridgehead atoms. The van der Waals surface area contributed by atoms with Gasteiger partial charge in [-0.15, -0.1) is 0 Å². The van der Waals surface area contributed by atoms with E-state index >= 15 is 0 Å². The number of ketones is 1. The lowest BCUT2D eigenvalue weighted by molar-refractivity contribution is -0.129. The molecule has 2 rings (SSSR count). The first kappa shape index (κ1) is 15.5. The van der Waals surface area contributed by atoms with Gasteiger partial charge in [-0.25, -0.2) is 4.39 Å². The summed E-state index contributed by atoms with van der Waals surface area (Å²) in [5.74, 6) is -0.328. The zero-order chi connectivity index (χ0) is 14.6. The molecular weight excluding hydrogens is 277 g/mol. The van der Waals surface area contributed by atoms with Crippen LogP contribution in [0.15, 0.2) is 18.2 Å². The molecule has 0 radical (unpaired) electrons. The van der Waals surface area contributed by atoms with Crippen molar-refractivity contribution in [3.63, 3.8) is 0 Å². The van der Waals surface area contributed by atoms with E-state index in [0.717, 1.165) is 32.2 Å². The zero-order valence-corrected chi connectivity index (χ0v) is 12.6. The van der Waals surface area contributed by atoms with Gasteiger partial charge in [0, 0.05) is 18.4 Å². The monoisotopic (exact) mass is 297 g/mol. The van der Waals surface area contributed by atoms with Crippen molar-refractivity contribution in [2.24, 2.45) is 5.41 Å². The summed E-state index contributed by atoms with van der Waals surface area (Å²) in [7, 11) is 0. The van der Waals surface area contributed by atoms with Gasteiger partial charge in [-0.2, -0.15) is 0 Å². The lowest BCUT2D eigenvalue weighted by Gasteiger charge is -2.36. The topological polar surface area (TPSA) is 29.1 Å². The highest BCUT2D eigenvalue weighted by atomic mass is 35.5. The highest BCUT2D eigenvalue weighted by Crippen LogP contribution is 2.34. The molecule has 0 saturated carbocycles. The van der Waals surface area contributed by atoms with E-state index in [-0.39, 0.29) is 22.6 Å². The maximum absolute atomic E-state index is 13.9. The van der Waals surface area contributed by atoms with Crippen molar-refractivity contribution in [1.29, 1.82) is 0 Å². The molecule has 0 spiro atoms. The Bertz CT molecular complexity index is 478. The maximum Gasteiger partial charge on any atom is 0.145 e. The van der Waals surface area contributed by atoms with Crippen molar-refractivity contribution in [1.82, 2.24) is 5.32 Å². The molecule has 1 saturated heterocycles. The van der Waals surface area contributed by atoms with Crippen LogP contribution < -0.4 is 5.32 Å². The van der Waals surface area contributed by atoms with Gasteiger partial charge in [-0.05, 0) is 37.4 Å². The average molecular weight is 298 g/mol. The summed E-state index contributed by atoms with van der Waals surface area (Å²) in [6.07, 6.45) is 3.86. The molecule has 1 aliphatic heterocycles. The first-order valence-electron chi connectivity index (χ1n) is 7.26. The van der Waals surface area contributed by atoms with Crippen molar-refractivity contribution >= 4 is 17.4 Å². The smallest absolute Gasteiger partial charge is 0.145 e. The second-order valence-electron chi connectivity index (χ2n) is 5.62. The van der Waals surface area contributed by atoms with E-state index in [1.165, 1.54) is 6.07 Å². The second-order valence-corrected chi connectivity index (χ2v) is 6.03. The van der Waals surface area contributed by atoms with Gasteiger partial charge in [0.05, 0.1) is 5.02 Å². The highest BCUT2D eigenvalue weighted by Gasteiger charge is 2.38. The lowest BCUT2D eigenvalue weighted by Crippen LogP contribution is -2.46. The Kier molecular flexibility index (Phi) is 5.17. The van der Waals surface area contributed by atoms with E-state index in [4.69, 9.17) is 11.6 Å². The summed E-state index contributed by atoms with van der Waals surface area (Å²) in [6.45, 7) is 3.76. The Morgan fingerprint density at radius 1 is 1.50 bits per heavy atom. The number of halogens is 2. The van der Waals surface area contributed by atoms with Crippen molar-refractivity contribution < 1.29 is 9.18 Å². The average Bonchev–Trinajstić information content (AvgIpc) is 2.45. The molecule has 110 valence electrons. The lowest BCUT2D eigenvalue weighted by atomic mass is 9.72. The number of rotatable bonds is 5. The van der Waals surface area contributed by atoms with Gasteiger partial charge in [0.25, 0.3) is 0 Å². The number of hydrogen-bond acceptors (Lipinski definition) is 2. The summed E-state index contributed by atoms with van der Waals surface area (Å²) in [6, 6.07) is 4.85. The summed E-state index contributed by atoms with van der Waals surface area (Å²) in [5, 5.41) is 3.40. The fourth-order valence-electron chi connectivity index (χ4n) is 3.08. The molecule has 1 aromatic carbocycles. The van der Waals surface area contributed by atoms with Gasteiger partial charge in [-0.3, -0.25) is 4.79 Å². The van der Waals surface area contributed by atoms with E-state index in [1.807, 2.05) is 0 Å². The Morgan fingerprint density at radius 3 is 2.95 bits per heavy atom. The fourth-order valence-corrected chi connectivity index (χ4v) is 3.28. The molecule has 0 aromatic heterocycles. The van der Waals surface area contributed by atoms with Crippen LogP contribution in [0.5, 0.6) is 0 Å². The largest absolute Gasteiger partial charge is 0.316 e. The molecule has 1 aliphatic rings. The number of benzene rings is 1. The molecule has 1 fully saturated rings. The Labute approximate surface area is 124 Å². The summed E-state index contributed by atoms with van der Waals surface area (Å²) >= 11 is 5.78. The predicted octanol–water partition coefficient (Wildman–Crippen LogP) is 3.76. The highest BCUT2D eigenvalue weighted by molar-refractivity contribution is 6.30. The van der Waals surface area contributed by atoms with Crippen LogP contribution in [0, 0.1) is 11.2 Å². The van der Waals surface area contributed by atoms with Crippen LogP contribution in [0.1, 0.15) is 38.2 Å². The molecule has 1 heterocycles. The predicted molar refractivity (Wildman–Crippen MR) is 79.6 cm³/mol. The number of Topliss-reactive ketones (excluding diaryl/α,β-unsaturated/α-hetero) is 1. The maximum atomic E-state index is 13.9. The van der Waals surface area contributed by atoms with Gasteiger partial charge < -0.3 is 5.32 Å². The molecule has 1 unspecified atom stereocenters. The summed E-state index contributed by atoms with van der Waals surface area (Å²) in [5.41, 5.74) is 0.0745. The van der Waals surface area contributed by atoms with E-state index in [1.54, 1.807) is 12.1 Å². The number of carbonyl (C=O) groups excluding carboxylic acids is 1. The van der Waals surface area contributed by atoms with E-state index in [0.29, 0.717) is 12.1 Å². The third-order valence-corrected chi connectivity index (χ3v) is 4.47. The minimum atomic E-state index is -0.460. The number of carbonyl (C=O) groups is 1. The Hall–Kier alpha value is -0.930. The molecule has 0 amide bonds. The van der Waals surface area contributed by atoms with Crippen LogP contribution in [0.25, 0.3) is 0 Å². The van der Waals surface area contributed by atoms with Crippen LogP contribution in [-0.4, -0.2) is 18.9 Å². The van der Waals surface area contributed by atoms with Crippen molar-refractivity contribution in [2.45, 2.75) is 39.0 Å². The van der Waals surface area contributed by atoms with Gasteiger partial charge in [0.2, 0.25) is 0 Å². The zero-order valence-electron chi connectivity index (χ0n) is 11.8. The molecule has 1 N–H and O–H groups in total. The van der Waals surface area contributed by atoms with Crippen LogP contribution >= 0.6 is 11.6 Å². The summed E-state index contributed by atoms with van der Waals surface area (Å²) < 4.78 is 13.9. The van der Waals surface area contributed by atoms with Gasteiger partial charge in [0.1, 0.15) is 11.6 Å².